The predicted octanol–water partition coefficient (Wildman–Crippen LogP) is 4.94. The summed E-state index contributed by atoms with van der Waals surface area (Å²) in [4.78, 5) is 25.0. The first-order chi connectivity index (χ1) is 14.4. The van der Waals surface area contributed by atoms with Gasteiger partial charge in [-0.2, -0.15) is 0 Å². The number of nitro groups is 1. The van der Waals surface area contributed by atoms with Crippen LogP contribution in [0.5, 0.6) is 0 Å². The van der Waals surface area contributed by atoms with Gasteiger partial charge in [-0.15, -0.1) is 11.8 Å². The Bertz CT molecular complexity index is 847. The van der Waals surface area contributed by atoms with Gasteiger partial charge < -0.3 is 10.2 Å². The standard InChI is InChI=1S/C23H29N3O3S/c1-17-11-13-25(14-12-17)21-9-5-20(6-10-21)18(2)24-23(27)16-30-15-19-3-7-22(8-4-19)26(28)29/h3-10,17-18H,11-16H2,1-2H3,(H,24,27). The molecular formula is C23H29N3O3S. The molecule has 1 heterocycles. The SMILES string of the molecule is CC1CCN(c2ccc(C(C)NC(=O)CSCc3ccc([N+](=O)[O-])cc3)cc2)CC1. The summed E-state index contributed by atoms with van der Waals surface area (Å²) in [5.41, 5.74) is 3.39. The van der Waals surface area contributed by atoms with Crippen molar-refractivity contribution in [2.24, 2.45) is 5.92 Å². The number of hydrogen-bond acceptors (Lipinski definition) is 5. The van der Waals surface area contributed by atoms with Crippen LogP contribution in [0.15, 0.2) is 48.5 Å². The van der Waals surface area contributed by atoms with Crippen LogP contribution in [0.3, 0.4) is 0 Å². The number of rotatable bonds is 8. The summed E-state index contributed by atoms with van der Waals surface area (Å²) >= 11 is 1.50. The molecule has 6 nitrogen and oxygen atoms in total. The van der Waals surface area contributed by atoms with Crippen LogP contribution in [0.25, 0.3) is 0 Å². The van der Waals surface area contributed by atoms with Gasteiger partial charge in [0.15, 0.2) is 0 Å². The van der Waals surface area contributed by atoms with Gasteiger partial charge in [-0.25, -0.2) is 0 Å². The first kappa shape index (κ1) is 22.2. The third kappa shape index (κ3) is 6.23. The molecule has 3 rings (SSSR count). The molecule has 2 aromatic rings. The van der Waals surface area contributed by atoms with Crippen LogP contribution in [0.4, 0.5) is 11.4 Å². The number of carbonyl (C=O) groups is 1. The van der Waals surface area contributed by atoms with Crippen LogP contribution in [0.1, 0.15) is 43.9 Å². The van der Waals surface area contributed by atoms with E-state index in [1.807, 2.05) is 6.92 Å². The van der Waals surface area contributed by atoms with E-state index in [9.17, 15) is 14.9 Å². The fraction of sp³-hybridized carbons (Fsp3) is 0.435. The summed E-state index contributed by atoms with van der Waals surface area (Å²) < 4.78 is 0. The molecule has 1 saturated heterocycles. The Labute approximate surface area is 182 Å². The molecule has 2 aromatic carbocycles. The minimum absolute atomic E-state index is 0.0106. The Morgan fingerprint density at radius 1 is 1.17 bits per heavy atom. The van der Waals surface area contributed by atoms with E-state index < -0.39 is 4.92 Å². The van der Waals surface area contributed by atoms with E-state index in [1.165, 1.54) is 42.4 Å². The van der Waals surface area contributed by atoms with Crippen molar-refractivity contribution in [3.63, 3.8) is 0 Å². The molecule has 7 heteroatoms. The first-order valence-corrected chi connectivity index (χ1v) is 11.5. The quantitative estimate of drug-likeness (QED) is 0.477. The van der Waals surface area contributed by atoms with Crippen molar-refractivity contribution in [3.8, 4) is 0 Å². The zero-order chi connectivity index (χ0) is 21.5. The van der Waals surface area contributed by atoms with E-state index in [4.69, 9.17) is 0 Å². The molecule has 1 fully saturated rings. The molecule has 0 aliphatic carbocycles. The minimum atomic E-state index is -0.411. The number of carbonyl (C=O) groups excluding carboxylic acids is 1. The van der Waals surface area contributed by atoms with Gasteiger partial charge in [-0.1, -0.05) is 31.2 Å². The molecule has 1 N–H and O–H groups in total. The molecule has 0 aromatic heterocycles. The summed E-state index contributed by atoms with van der Waals surface area (Å²) in [7, 11) is 0. The van der Waals surface area contributed by atoms with Crippen LogP contribution in [-0.4, -0.2) is 29.7 Å². The van der Waals surface area contributed by atoms with Gasteiger partial charge >= 0.3 is 0 Å². The molecule has 30 heavy (non-hydrogen) atoms. The van der Waals surface area contributed by atoms with Crippen molar-refractivity contribution < 1.29 is 9.72 Å². The van der Waals surface area contributed by atoms with Crippen molar-refractivity contribution in [2.75, 3.05) is 23.7 Å². The highest BCUT2D eigenvalue weighted by Gasteiger charge is 2.16. The lowest BCUT2D eigenvalue weighted by Crippen LogP contribution is -2.32. The van der Waals surface area contributed by atoms with E-state index in [1.54, 1.807) is 12.1 Å². The van der Waals surface area contributed by atoms with Crippen LogP contribution in [0, 0.1) is 16.0 Å². The molecule has 1 aliphatic rings. The Kier molecular flexibility index (Phi) is 7.74. The van der Waals surface area contributed by atoms with Crippen molar-refractivity contribution >= 4 is 29.0 Å². The van der Waals surface area contributed by atoms with Crippen LogP contribution in [-0.2, 0) is 10.5 Å². The lowest BCUT2D eigenvalue weighted by atomic mass is 9.98. The smallest absolute Gasteiger partial charge is 0.269 e. The van der Waals surface area contributed by atoms with E-state index in [0.29, 0.717) is 11.5 Å². The summed E-state index contributed by atoms with van der Waals surface area (Å²) in [6, 6.07) is 14.9. The molecule has 1 aliphatic heterocycles. The molecule has 1 amide bonds. The highest BCUT2D eigenvalue weighted by Crippen LogP contribution is 2.25. The second-order valence-corrected chi connectivity index (χ2v) is 8.95. The van der Waals surface area contributed by atoms with Gasteiger partial charge in [0.1, 0.15) is 0 Å². The molecule has 0 bridgehead atoms. The Balaban J connectivity index is 1.43. The van der Waals surface area contributed by atoms with Gasteiger partial charge in [-0.3, -0.25) is 14.9 Å². The maximum atomic E-state index is 12.3. The zero-order valence-electron chi connectivity index (χ0n) is 17.5. The molecule has 0 saturated carbocycles. The fourth-order valence-corrected chi connectivity index (χ4v) is 4.38. The van der Waals surface area contributed by atoms with Crippen molar-refractivity contribution in [1.29, 1.82) is 0 Å². The molecule has 0 spiro atoms. The van der Waals surface area contributed by atoms with Crippen LogP contribution in [0.2, 0.25) is 0 Å². The maximum Gasteiger partial charge on any atom is 0.269 e. The second kappa shape index (κ2) is 10.5. The lowest BCUT2D eigenvalue weighted by molar-refractivity contribution is -0.384. The largest absolute Gasteiger partial charge is 0.372 e. The summed E-state index contributed by atoms with van der Waals surface area (Å²) in [6.45, 7) is 6.53. The number of nitrogens with zero attached hydrogens (tertiary/aromatic N) is 2. The number of anilines is 1. The molecule has 0 radical (unpaired) electrons. The van der Waals surface area contributed by atoms with Crippen LogP contribution >= 0.6 is 11.8 Å². The highest BCUT2D eigenvalue weighted by molar-refractivity contribution is 7.99. The van der Waals surface area contributed by atoms with E-state index in [0.717, 1.165) is 30.1 Å². The third-order valence-corrected chi connectivity index (χ3v) is 6.57. The van der Waals surface area contributed by atoms with E-state index in [-0.39, 0.29) is 17.6 Å². The number of benzene rings is 2. The number of amides is 1. The fourth-order valence-electron chi connectivity index (χ4n) is 3.58. The first-order valence-electron chi connectivity index (χ1n) is 10.4. The van der Waals surface area contributed by atoms with Crippen LogP contribution < -0.4 is 10.2 Å². The molecule has 1 unspecified atom stereocenters. The topological polar surface area (TPSA) is 75.5 Å². The second-order valence-electron chi connectivity index (χ2n) is 7.97. The summed E-state index contributed by atoms with van der Waals surface area (Å²) in [6.07, 6.45) is 2.48. The van der Waals surface area contributed by atoms with E-state index in [2.05, 4.69) is 41.4 Å². The molecule has 1 atom stereocenters. The number of non-ortho nitro benzene ring substituents is 1. The Morgan fingerprint density at radius 3 is 2.40 bits per heavy atom. The van der Waals surface area contributed by atoms with Gasteiger partial charge in [-0.05, 0) is 48.9 Å². The number of hydrogen-bond donors (Lipinski definition) is 1. The van der Waals surface area contributed by atoms with Crippen molar-refractivity contribution in [3.05, 3.63) is 69.8 Å². The van der Waals surface area contributed by atoms with E-state index >= 15 is 0 Å². The molecular weight excluding hydrogens is 398 g/mol. The molecule has 160 valence electrons. The third-order valence-electron chi connectivity index (χ3n) is 5.57. The van der Waals surface area contributed by atoms with Crippen molar-refractivity contribution in [2.45, 2.75) is 38.5 Å². The van der Waals surface area contributed by atoms with Gasteiger partial charge in [0.2, 0.25) is 5.91 Å². The normalized spacial score (nSPS) is 15.6. The average molecular weight is 428 g/mol. The minimum Gasteiger partial charge on any atom is -0.372 e. The van der Waals surface area contributed by atoms with Crippen molar-refractivity contribution in [1.82, 2.24) is 5.32 Å². The average Bonchev–Trinajstić information content (AvgIpc) is 2.75. The lowest BCUT2D eigenvalue weighted by Gasteiger charge is -2.32. The number of piperidine rings is 1. The van der Waals surface area contributed by atoms with Gasteiger partial charge in [0, 0.05) is 36.7 Å². The maximum absolute atomic E-state index is 12.3. The number of nitro benzene ring substituents is 1. The zero-order valence-corrected chi connectivity index (χ0v) is 18.4. The highest BCUT2D eigenvalue weighted by atomic mass is 32.2. The van der Waals surface area contributed by atoms with Gasteiger partial charge in [0.05, 0.1) is 16.7 Å². The summed E-state index contributed by atoms with van der Waals surface area (Å²) in [5.74, 6) is 1.80. The number of nitrogens with one attached hydrogen (secondary N) is 1. The predicted molar refractivity (Wildman–Crippen MR) is 123 cm³/mol. The Morgan fingerprint density at radius 2 is 1.80 bits per heavy atom. The Hall–Kier alpha value is -2.54. The monoisotopic (exact) mass is 427 g/mol. The number of thioether (sulfide) groups is 1. The summed E-state index contributed by atoms with van der Waals surface area (Å²) in [5, 5.41) is 13.7. The van der Waals surface area contributed by atoms with Gasteiger partial charge in [0.25, 0.3) is 5.69 Å².